The molecule has 0 heterocycles. The summed E-state index contributed by atoms with van der Waals surface area (Å²) in [6.07, 6.45) is 9.54. The third-order valence-electron chi connectivity index (χ3n) is 3.78. The van der Waals surface area contributed by atoms with E-state index in [0.717, 1.165) is 51.4 Å². The maximum absolute atomic E-state index is 11.0. The van der Waals surface area contributed by atoms with Gasteiger partial charge in [-0.1, -0.05) is 58.8 Å². The Bertz CT molecular complexity index is 283. The monoisotopic (exact) mass is 358 g/mol. The van der Waals surface area contributed by atoms with Crippen molar-refractivity contribution >= 4 is 36.8 Å². The van der Waals surface area contributed by atoms with Gasteiger partial charge in [0.1, 0.15) is 0 Å². The van der Waals surface area contributed by atoms with E-state index >= 15 is 0 Å². The Morgan fingerprint density at radius 2 is 1.18 bits per heavy atom. The van der Waals surface area contributed by atoms with E-state index in [4.69, 9.17) is 10.2 Å². The number of carboxylic acid groups (broad SMARTS) is 2. The van der Waals surface area contributed by atoms with Crippen molar-refractivity contribution in [3.05, 3.63) is 0 Å². The van der Waals surface area contributed by atoms with Crippen LogP contribution in [0, 0.1) is 11.8 Å². The van der Waals surface area contributed by atoms with E-state index in [-0.39, 0.29) is 43.1 Å². The van der Waals surface area contributed by atoms with Crippen LogP contribution in [0.25, 0.3) is 0 Å². The van der Waals surface area contributed by atoms with Gasteiger partial charge in [-0.3, -0.25) is 9.59 Å². The van der Waals surface area contributed by atoms with Crippen LogP contribution in [0.1, 0.15) is 78.1 Å². The number of hydrogen-bond donors (Lipinski definition) is 2. The fourth-order valence-corrected chi connectivity index (χ4v) is 2.44. The first-order chi connectivity index (χ1) is 9.45. The van der Waals surface area contributed by atoms with E-state index in [0.29, 0.717) is 0 Å². The number of aliphatic carboxylic acids is 2. The fourth-order valence-electron chi connectivity index (χ4n) is 2.44. The van der Waals surface area contributed by atoms with Gasteiger partial charge >= 0.3 is 11.9 Å². The van der Waals surface area contributed by atoms with Crippen LogP contribution in [0.2, 0.25) is 0 Å². The van der Waals surface area contributed by atoms with E-state index in [1.807, 2.05) is 13.8 Å². The largest absolute Gasteiger partial charge is 0.481 e. The molecule has 0 saturated carbocycles. The molecule has 2 N–H and O–H groups in total. The highest BCUT2D eigenvalue weighted by atomic mass is 35.5. The first-order valence-corrected chi connectivity index (χ1v) is 7.89. The average Bonchev–Trinajstić information content (AvgIpc) is 2.34. The van der Waals surface area contributed by atoms with Crippen LogP contribution in [0.15, 0.2) is 0 Å². The molecule has 0 aliphatic heterocycles. The Morgan fingerprint density at radius 3 is 1.55 bits per heavy atom. The van der Waals surface area contributed by atoms with Gasteiger partial charge in [-0.05, 0) is 18.8 Å². The van der Waals surface area contributed by atoms with Crippen molar-refractivity contribution < 1.29 is 19.8 Å². The maximum Gasteiger partial charge on any atom is 0.306 e. The zero-order valence-electron chi connectivity index (χ0n) is 13.8. The minimum absolute atomic E-state index is 0. The molecular weight excluding hydrogens is 327 g/mol. The maximum atomic E-state index is 11.0. The summed E-state index contributed by atoms with van der Waals surface area (Å²) in [4.78, 5) is 21.3. The van der Waals surface area contributed by atoms with E-state index in [2.05, 4.69) is 0 Å². The van der Waals surface area contributed by atoms with Crippen LogP contribution in [-0.2, 0) is 9.59 Å². The van der Waals surface area contributed by atoms with Gasteiger partial charge in [-0.2, -0.15) is 0 Å². The molecule has 0 aromatic heterocycles. The van der Waals surface area contributed by atoms with E-state index in [9.17, 15) is 9.59 Å². The number of hydrogen-bond acceptors (Lipinski definition) is 2. The Kier molecular flexibility index (Phi) is 20.3. The van der Waals surface area contributed by atoms with Crippen molar-refractivity contribution in [3.63, 3.8) is 0 Å². The lowest BCUT2D eigenvalue weighted by atomic mass is 9.90. The molecule has 0 aliphatic carbocycles. The van der Waals surface area contributed by atoms with Gasteiger partial charge < -0.3 is 10.2 Å². The molecule has 0 saturated heterocycles. The second-order valence-corrected chi connectivity index (χ2v) is 5.95. The van der Waals surface area contributed by atoms with Crippen LogP contribution in [0.5, 0.6) is 0 Å². The minimum atomic E-state index is -0.705. The van der Waals surface area contributed by atoms with Crippen LogP contribution >= 0.6 is 24.8 Å². The number of halogens is 2. The third kappa shape index (κ3) is 15.9. The lowest BCUT2D eigenvalue weighted by molar-refractivity contribution is -0.143. The molecule has 0 aromatic carbocycles. The van der Waals surface area contributed by atoms with E-state index in [1.54, 1.807) is 0 Å². The number of unbranched alkanes of at least 4 members (excludes halogenated alkanes) is 7. The van der Waals surface area contributed by atoms with Crippen LogP contribution < -0.4 is 0 Å². The van der Waals surface area contributed by atoms with Crippen molar-refractivity contribution in [2.75, 3.05) is 0 Å². The molecule has 0 aliphatic rings. The molecule has 134 valence electrons. The molecular formula is C16H32Cl2O4. The summed E-state index contributed by atoms with van der Waals surface area (Å²) in [6.45, 7) is 3.94. The predicted molar refractivity (Wildman–Crippen MR) is 94.3 cm³/mol. The van der Waals surface area contributed by atoms with Gasteiger partial charge in [0, 0.05) is 6.42 Å². The van der Waals surface area contributed by atoms with E-state index in [1.165, 1.54) is 6.42 Å². The van der Waals surface area contributed by atoms with Crippen molar-refractivity contribution in [3.8, 4) is 0 Å². The highest BCUT2D eigenvalue weighted by Crippen LogP contribution is 2.19. The minimum Gasteiger partial charge on any atom is -0.481 e. The second-order valence-electron chi connectivity index (χ2n) is 5.95. The summed E-state index contributed by atoms with van der Waals surface area (Å²) < 4.78 is 0. The summed E-state index contributed by atoms with van der Waals surface area (Å²) >= 11 is 0. The molecule has 1 unspecified atom stereocenters. The summed E-state index contributed by atoms with van der Waals surface area (Å²) in [7, 11) is 0. The predicted octanol–water partition coefficient (Wildman–Crippen LogP) is 5.17. The zero-order chi connectivity index (χ0) is 15.4. The van der Waals surface area contributed by atoms with Gasteiger partial charge in [-0.15, -0.1) is 24.8 Å². The summed E-state index contributed by atoms with van der Waals surface area (Å²) in [5.41, 5.74) is 0. The lowest BCUT2D eigenvalue weighted by Crippen LogP contribution is -2.19. The first-order valence-electron chi connectivity index (χ1n) is 7.89. The molecule has 0 amide bonds. The zero-order valence-corrected chi connectivity index (χ0v) is 15.4. The van der Waals surface area contributed by atoms with Crippen molar-refractivity contribution in [2.45, 2.75) is 78.1 Å². The Hall–Kier alpha value is -0.480. The third-order valence-corrected chi connectivity index (χ3v) is 3.78. The van der Waals surface area contributed by atoms with Gasteiger partial charge in [0.2, 0.25) is 0 Å². The normalized spacial score (nSPS) is 11.4. The molecule has 0 fully saturated rings. The quantitative estimate of drug-likeness (QED) is 0.445. The molecule has 1 atom stereocenters. The standard InChI is InChI=1S/C16H30O4.2ClH/c1-13(2)14(16(19)20)11-9-7-5-3-4-6-8-10-12-15(17)18;;/h13-14H,3-12H2,1-2H3,(H,17,18)(H,19,20);2*1H. The molecule has 22 heavy (non-hydrogen) atoms. The van der Waals surface area contributed by atoms with Crippen LogP contribution in [0.3, 0.4) is 0 Å². The topological polar surface area (TPSA) is 74.6 Å². The fraction of sp³-hybridized carbons (Fsp3) is 0.875. The lowest BCUT2D eigenvalue weighted by Gasteiger charge is -2.15. The summed E-state index contributed by atoms with van der Waals surface area (Å²) in [5.74, 6) is -1.37. The van der Waals surface area contributed by atoms with Crippen LogP contribution in [0.4, 0.5) is 0 Å². The van der Waals surface area contributed by atoms with Crippen molar-refractivity contribution in [1.82, 2.24) is 0 Å². The van der Waals surface area contributed by atoms with Crippen molar-refractivity contribution in [1.29, 1.82) is 0 Å². The van der Waals surface area contributed by atoms with E-state index < -0.39 is 11.9 Å². The smallest absolute Gasteiger partial charge is 0.306 e. The molecule has 0 bridgehead atoms. The molecule has 6 heteroatoms. The highest BCUT2D eigenvalue weighted by Gasteiger charge is 2.20. The van der Waals surface area contributed by atoms with Crippen LogP contribution in [-0.4, -0.2) is 22.2 Å². The van der Waals surface area contributed by atoms with Gasteiger partial charge in [0.25, 0.3) is 0 Å². The molecule has 0 aromatic rings. The molecule has 4 nitrogen and oxygen atoms in total. The van der Waals surface area contributed by atoms with Gasteiger partial charge in [0.15, 0.2) is 0 Å². The number of carboxylic acids is 2. The first kappa shape index (κ1) is 26.4. The summed E-state index contributed by atoms with van der Waals surface area (Å²) in [5, 5.41) is 17.6. The van der Waals surface area contributed by atoms with Crippen molar-refractivity contribution in [2.24, 2.45) is 11.8 Å². The molecule has 0 spiro atoms. The second kappa shape index (κ2) is 16.9. The summed E-state index contributed by atoms with van der Waals surface area (Å²) in [6, 6.07) is 0. The SMILES string of the molecule is CC(C)C(CCCCCCCCCCC(=O)O)C(=O)O.Cl.Cl. The number of rotatable bonds is 13. The Balaban J connectivity index is -0.00000180. The Morgan fingerprint density at radius 1 is 0.773 bits per heavy atom. The Labute approximate surface area is 146 Å². The molecule has 0 radical (unpaired) electrons. The van der Waals surface area contributed by atoms with Gasteiger partial charge in [0.05, 0.1) is 5.92 Å². The number of carbonyl (C=O) groups is 2. The van der Waals surface area contributed by atoms with Gasteiger partial charge in [-0.25, -0.2) is 0 Å². The average molecular weight is 359 g/mol. The highest BCUT2D eigenvalue weighted by molar-refractivity contribution is 5.85. The molecule has 0 rings (SSSR count).